The van der Waals surface area contributed by atoms with Crippen LogP contribution in [0.4, 0.5) is 0 Å². The van der Waals surface area contributed by atoms with Crippen molar-refractivity contribution in [1.82, 2.24) is 14.9 Å². The summed E-state index contributed by atoms with van der Waals surface area (Å²) in [6.45, 7) is 6.94. The molecular weight excluding hydrogens is 398 g/mol. The minimum absolute atomic E-state index is 0.137. The van der Waals surface area contributed by atoms with Gasteiger partial charge in [-0.25, -0.2) is 4.98 Å². The topological polar surface area (TPSA) is 65.4 Å². The molecule has 0 aliphatic rings. The summed E-state index contributed by atoms with van der Waals surface area (Å²) < 4.78 is 13.3. The Kier molecular flexibility index (Phi) is 7.41. The van der Waals surface area contributed by atoms with Crippen molar-refractivity contribution in [3.05, 3.63) is 66.0 Å². The number of rotatable bonds is 9. The molecule has 0 fully saturated rings. The standard InChI is InChI=1S/C23H27N3O3S/c1-5-28-20-11-10-17(15-21(20)29-6-2)16(3)25-22(27)18-8-7-9-19(14-18)26-13-12-24-23(26)30-4/h7-16H,5-6H2,1-4H3,(H,25,27). The lowest BCUT2D eigenvalue weighted by atomic mass is 10.1. The van der Waals surface area contributed by atoms with Gasteiger partial charge in [0.2, 0.25) is 0 Å². The van der Waals surface area contributed by atoms with E-state index in [1.54, 1.807) is 18.0 Å². The summed E-state index contributed by atoms with van der Waals surface area (Å²) in [4.78, 5) is 17.2. The Bertz CT molecular complexity index is 1000. The molecule has 30 heavy (non-hydrogen) atoms. The molecule has 1 heterocycles. The van der Waals surface area contributed by atoms with Gasteiger partial charge in [-0.3, -0.25) is 9.36 Å². The highest BCUT2D eigenvalue weighted by Gasteiger charge is 2.15. The summed E-state index contributed by atoms with van der Waals surface area (Å²) in [5, 5.41) is 3.94. The van der Waals surface area contributed by atoms with Crippen LogP contribution in [-0.2, 0) is 0 Å². The Balaban J connectivity index is 1.77. The van der Waals surface area contributed by atoms with Gasteiger partial charge in [-0.15, -0.1) is 0 Å². The van der Waals surface area contributed by atoms with Gasteiger partial charge in [-0.2, -0.15) is 0 Å². The SMILES string of the molecule is CCOc1ccc(C(C)NC(=O)c2cccc(-n3ccnc3SC)c2)cc1OCC. The molecule has 0 saturated heterocycles. The van der Waals surface area contributed by atoms with Crippen LogP contribution in [0.25, 0.3) is 5.69 Å². The molecule has 2 aromatic carbocycles. The van der Waals surface area contributed by atoms with Crippen molar-refractivity contribution in [2.75, 3.05) is 19.5 Å². The number of ether oxygens (including phenoxy) is 2. The van der Waals surface area contributed by atoms with Gasteiger partial charge in [0, 0.05) is 23.6 Å². The van der Waals surface area contributed by atoms with Crippen LogP contribution in [0.15, 0.2) is 60.0 Å². The molecule has 7 heteroatoms. The quantitative estimate of drug-likeness (QED) is 0.495. The first-order valence-electron chi connectivity index (χ1n) is 9.95. The van der Waals surface area contributed by atoms with Crippen LogP contribution in [0.5, 0.6) is 11.5 Å². The summed E-state index contributed by atoms with van der Waals surface area (Å²) in [6, 6.07) is 13.1. The molecular formula is C23H27N3O3S. The second kappa shape index (κ2) is 10.2. The zero-order valence-corrected chi connectivity index (χ0v) is 18.5. The van der Waals surface area contributed by atoms with E-state index in [0.717, 1.165) is 16.4 Å². The van der Waals surface area contributed by atoms with E-state index < -0.39 is 0 Å². The number of benzene rings is 2. The van der Waals surface area contributed by atoms with Crippen LogP contribution in [-0.4, -0.2) is 34.9 Å². The molecule has 0 radical (unpaired) electrons. The maximum Gasteiger partial charge on any atom is 0.251 e. The zero-order chi connectivity index (χ0) is 21.5. The normalized spacial score (nSPS) is 11.7. The van der Waals surface area contributed by atoms with Gasteiger partial charge < -0.3 is 14.8 Å². The number of thioether (sulfide) groups is 1. The van der Waals surface area contributed by atoms with E-state index >= 15 is 0 Å². The number of hydrogen-bond acceptors (Lipinski definition) is 5. The Morgan fingerprint density at radius 1 is 1.13 bits per heavy atom. The fourth-order valence-electron chi connectivity index (χ4n) is 3.13. The molecule has 1 N–H and O–H groups in total. The Morgan fingerprint density at radius 2 is 1.90 bits per heavy atom. The van der Waals surface area contributed by atoms with E-state index in [-0.39, 0.29) is 11.9 Å². The monoisotopic (exact) mass is 425 g/mol. The maximum atomic E-state index is 12.9. The average molecular weight is 426 g/mol. The largest absolute Gasteiger partial charge is 0.490 e. The van der Waals surface area contributed by atoms with Crippen molar-refractivity contribution < 1.29 is 14.3 Å². The fourth-order valence-corrected chi connectivity index (χ4v) is 3.66. The second-order valence-corrected chi connectivity index (χ2v) is 7.38. The number of aromatic nitrogens is 2. The van der Waals surface area contributed by atoms with Crippen LogP contribution >= 0.6 is 11.8 Å². The Hall–Kier alpha value is -2.93. The van der Waals surface area contributed by atoms with Crippen molar-refractivity contribution in [3.8, 4) is 17.2 Å². The molecule has 3 aromatic rings. The van der Waals surface area contributed by atoms with Crippen molar-refractivity contribution in [3.63, 3.8) is 0 Å². The molecule has 6 nitrogen and oxygen atoms in total. The lowest BCUT2D eigenvalue weighted by molar-refractivity contribution is 0.0939. The highest BCUT2D eigenvalue weighted by atomic mass is 32.2. The number of nitrogens with one attached hydrogen (secondary N) is 1. The molecule has 1 aromatic heterocycles. The molecule has 0 spiro atoms. The van der Waals surface area contributed by atoms with E-state index in [1.165, 1.54) is 0 Å². The minimum Gasteiger partial charge on any atom is -0.490 e. The van der Waals surface area contributed by atoms with Gasteiger partial charge >= 0.3 is 0 Å². The molecule has 0 saturated carbocycles. The van der Waals surface area contributed by atoms with Crippen molar-refractivity contribution in [2.45, 2.75) is 32.0 Å². The summed E-state index contributed by atoms with van der Waals surface area (Å²) in [6.07, 6.45) is 5.62. The van der Waals surface area contributed by atoms with Crippen LogP contribution in [0.3, 0.4) is 0 Å². The van der Waals surface area contributed by atoms with Crippen molar-refractivity contribution >= 4 is 17.7 Å². The maximum absolute atomic E-state index is 12.9. The predicted molar refractivity (Wildman–Crippen MR) is 120 cm³/mol. The van der Waals surface area contributed by atoms with Gasteiger partial charge in [0.25, 0.3) is 5.91 Å². The molecule has 0 bridgehead atoms. The molecule has 1 amide bonds. The number of carbonyl (C=O) groups excluding carboxylic acids is 1. The first-order chi connectivity index (χ1) is 14.6. The fraction of sp³-hybridized carbons (Fsp3) is 0.304. The van der Waals surface area contributed by atoms with Gasteiger partial charge in [0.05, 0.1) is 19.3 Å². The first kappa shape index (κ1) is 21.8. The third-order valence-corrected chi connectivity index (χ3v) is 5.26. The summed E-state index contributed by atoms with van der Waals surface area (Å²) in [7, 11) is 0. The zero-order valence-electron chi connectivity index (χ0n) is 17.7. The van der Waals surface area contributed by atoms with E-state index in [2.05, 4.69) is 10.3 Å². The van der Waals surface area contributed by atoms with E-state index in [1.807, 2.05) is 80.3 Å². The first-order valence-corrected chi connectivity index (χ1v) is 11.2. The molecule has 158 valence electrons. The van der Waals surface area contributed by atoms with Gasteiger partial charge in [-0.1, -0.05) is 23.9 Å². The van der Waals surface area contributed by atoms with Crippen LogP contribution in [0.1, 0.15) is 42.7 Å². The number of hydrogen-bond donors (Lipinski definition) is 1. The smallest absolute Gasteiger partial charge is 0.251 e. The van der Waals surface area contributed by atoms with E-state index in [9.17, 15) is 4.79 Å². The lowest BCUT2D eigenvalue weighted by Crippen LogP contribution is -2.26. The highest BCUT2D eigenvalue weighted by Crippen LogP contribution is 2.31. The molecule has 1 unspecified atom stereocenters. The Morgan fingerprint density at radius 3 is 2.63 bits per heavy atom. The number of carbonyl (C=O) groups is 1. The highest BCUT2D eigenvalue weighted by molar-refractivity contribution is 7.98. The van der Waals surface area contributed by atoms with Gasteiger partial charge in [0.1, 0.15) is 0 Å². The minimum atomic E-state index is -0.189. The third kappa shape index (κ3) is 4.97. The van der Waals surface area contributed by atoms with Crippen LogP contribution in [0, 0.1) is 0 Å². The summed E-state index contributed by atoms with van der Waals surface area (Å²) in [5.41, 5.74) is 2.44. The van der Waals surface area contributed by atoms with Gasteiger partial charge in [0.15, 0.2) is 16.7 Å². The van der Waals surface area contributed by atoms with Crippen LogP contribution in [0.2, 0.25) is 0 Å². The third-order valence-electron chi connectivity index (χ3n) is 4.59. The van der Waals surface area contributed by atoms with Gasteiger partial charge in [-0.05, 0) is 62.9 Å². The van der Waals surface area contributed by atoms with Crippen molar-refractivity contribution in [1.29, 1.82) is 0 Å². The average Bonchev–Trinajstić information content (AvgIpc) is 3.24. The summed E-state index contributed by atoms with van der Waals surface area (Å²) in [5.74, 6) is 1.26. The summed E-state index contributed by atoms with van der Waals surface area (Å²) >= 11 is 1.56. The van der Waals surface area contributed by atoms with Crippen LogP contribution < -0.4 is 14.8 Å². The molecule has 0 aliphatic heterocycles. The molecule has 1 atom stereocenters. The van der Waals surface area contributed by atoms with E-state index in [4.69, 9.17) is 9.47 Å². The lowest BCUT2D eigenvalue weighted by Gasteiger charge is -2.18. The number of nitrogens with zero attached hydrogens (tertiary/aromatic N) is 2. The number of amides is 1. The van der Waals surface area contributed by atoms with E-state index in [0.29, 0.717) is 30.3 Å². The second-order valence-electron chi connectivity index (χ2n) is 6.60. The Labute approximate surface area is 181 Å². The van der Waals surface area contributed by atoms with Crippen molar-refractivity contribution in [2.24, 2.45) is 0 Å². The number of imidazole rings is 1. The molecule has 3 rings (SSSR count). The predicted octanol–water partition coefficient (Wildman–Crippen LogP) is 4.88. The molecule has 0 aliphatic carbocycles.